The van der Waals surface area contributed by atoms with Gasteiger partial charge in [0.1, 0.15) is 0 Å². The fourth-order valence-corrected chi connectivity index (χ4v) is 2.22. The predicted octanol–water partition coefficient (Wildman–Crippen LogP) is 2.46. The summed E-state index contributed by atoms with van der Waals surface area (Å²) < 4.78 is 0. The quantitative estimate of drug-likeness (QED) is 0.824. The summed E-state index contributed by atoms with van der Waals surface area (Å²) in [5, 5.41) is 12.7. The zero-order valence-electron chi connectivity index (χ0n) is 12.2. The third kappa shape index (κ3) is 5.06. The van der Waals surface area contributed by atoms with Crippen LogP contribution < -0.4 is 10.2 Å². The molecule has 5 heteroatoms. The van der Waals surface area contributed by atoms with Gasteiger partial charge in [0.05, 0.1) is 13.2 Å². The Morgan fingerprint density at radius 3 is 2.41 bits per heavy atom. The number of halogens is 1. The second kappa shape index (κ2) is 8.41. The molecule has 0 fully saturated rings. The van der Waals surface area contributed by atoms with Crippen molar-refractivity contribution in [3.8, 4) is 0 Å². The van der Waals surface area contributed by atoms with E-state index in [1.54, 1.807) is 12.1 Å². The van der Waals surface area contributed by atoms with Gasteiger partial charge in [-0.25, -0.2) is 0 Å². The Kier molecular flexibility index (Phi) is 6.25. The number of carbonyl (C=O) groups excluding carboxylic acids is 1. The highest BCUT2D eigenvalue weighted by Gasteiger charge is 2.10. The molecule has 0 saturated carbocycles. The van der Waals surface area contributed by atoms with Crippen LogP contribution in [-0.2, 0) is 11.3 Å². The van der Waals surface area contributed by atoms with Crippen molar-refractivity contribution in [1.29, 1.82) is 0 Å². The van der Waals surface area contributed by atoms with Crippen molar-refractivity contribution in [3.63, 3.8) is 0 Å². The van der Waals surface area contributed by atoms with E-state index in [1.807, 2.05) is 47.4 Å². The van der Waals surface area contributed by atoms with E-state index in [2.05, 4.69) is 5.32 Å². The summed E-state index contributed by atoms with van der Waals surface area (Å²) in [5.74, 6) is -0.0905. The van der Waals surface area contributed by atoms with Crippen LogP contribution in [0.2, 0.25) is 5.02 Å². The van der Waals surface area contributed by atoms with Crippen molar-refractivity contribution in [3.05, 3.63) is 65.2 Å². The summed E-state index contributed by atoms with van der Waals surface area (Å²) in [6, 6.07) is 16.9. The molecule has 0 bridgehead atoms. The molecular formula is C17H19ClN2O2. The van der Waals surface area contributed by atoms with Crippen LogP contribution in [-0.4, -0.2) is 30.7 Å². The van der Waals surface area contributed by atoms with Gasteiger partial charge in [-0.1, -0.05) is 41.9 Å². The Bertz CT molecular complexity index is 587. The molecule has 0 saturated heterocycles. The maximum absolute atomic E-state index is 12.1. The molecule has 0 aliphatic heterocycles. The summed E-state index contributed by atoms with van der Waals surface area (Å²) >= 11 is 5.83. The number of hydrogen-bond acceptors (Lipinski definition) is 3. The molecule has 0 aliphatic rings. The highest BCUT2D eigenvalue weighted by molar-refractivity contribution is 6.30. The number of carbonyl (C=O) groups is 1. The normalized spacial score (nSPS) is 10.3. The summed E-state index contributed by atoms with van der Waals surface area (Å²) in [7, 11) is 0. The molecule has 1 amide bonds. The van der Waals surface area contributed by atoms with E-state index in [0.29, 0.717) is 18.1 Å². The first-order valence-electron chi connectivity index (χ1n) is 7.11. The maximum Gasteiger partial charge on any atom is 0.239 e. The number of anilines is 1. The van der Waals surface area contributed by atoms with Gasteiger partial charge >= 0.3 is 0 Å². The lowest BCUT2D eigenvalue weighted by Gasteiger charge is -2.23. The first kappa shape index (κ1) is 16.3. The zero-order valence-corrected chi connectivity index (χ0v) is 13.0. The van der Waals surface area contributed by atoms with Crippen LogP contribution in [0.3, 0.4) is 0 Å². The minimum Gasteiger partial charge on any atom is -0.395 e. The molecule has 2 rings (SSSR count). The highest BCUT2D eigenvalue weighted by atomic mass is 35.5. The lowest BCUT2D eigenvalue weighted by molar-refractivity contribution is -0.119. The maximum atomic E-state index is 12.1. The van der Waals surface area contributed by atoms with Gasteiger partial charge < -0.3 is 15.3 Å². The summed E-state index contributed by atoms with van der Waals surface area (Å²) in [4.78, 5) is 13.9. The Morgan fingerprint density at radius 1 is 1.09 bits per heavy atom. The predicted molar refractivity (Wildman–Crippen MR) is 89.0 cm³/mol. The number of nitrogens with zero attached hydrogens (tertiary/aromatic N) is 1. The van der Waals surface area contributed by atoms with E-state index in [0.717, 1.165) is 11.3 Å². The minimum absolute atomic E-state index is 0.000636. The number of benzene rings is 2. The average Bonchev–Trinajstić information content (AvgIpc) is 2.55. The molecule has 2 N–H and O–H groups in total. The number of amides is 1. The van der Waals surface area contributed by atoms with Crippen LogP contribution in [0.25, 0.3) is 0 Å². The van der Waals surface area contributed by atoms with Crippen molar-refractivity contribution >= 4 is 23.2 Å². The third-order valence-corrected chi connectivity index (χ3v) is 3.48. The summed E-state index contributed by atoms with van der Waals surface area (Å²) in [6.07, 6.45) is 0. The van der Waals surface area contributed by atoms with Gasteiger partial charge in [-0.05, 0) is 29.8 Å². The van der Waals surface area contributed by atoms with Gasteiger partial charge in [0, 0.05) is 23.8 Å². The monoisotopic (exact) mass is 318 g/mol. The fourth-order valence-electron chi connectivity index (χ4n) is 2.09. The van der Waals surface area contributed by atoms with Gasteiger partial charge in [-0.15, -0.1) is 0 Å². The molecule has 22 heavy (non-hydrogen) atoms. The third-order valence-electron chi connectivity index (χ3n) is 3.23. The standard InChI is InChI=1S/C17H19ClN2O2/c18-15-8-6-14(7-9-15)12-19-17(22)13-20(10-11-21)16-4-2-1-3-5-16/h1-9,21H,10-13H2,(H,19,22). The van der Waals surface area contributed by atoms with E-state index in [4.69, 9.17) is 16.7 Å². The van der Waals surface area contributed by atoms with Gasteiger partial charge in [0.15, 0.2) is 0 Å². The van der Waals surface area contributed by atoms with Gasteiger partial charge in [-0.3, -0.25) is 4.79 Å². The summed E-state index contributed by atoms with van der Waals surface area (Å²) in [6.45, 7) is 1.08. The molecule has 0 spiro atoms. The van der Waals surface area contributed by atoms with E-state index in [-0.39, 0.29) is 19.1 Å². The topological polar surface area (TPSA) is 52.6 Å². The Morgan fingerprint density at radius 2 is 1.77 bits per heavy atom. The van der Waals surface area contributed by atoms with Crippen molar-refractivity contribution in [2.24, 2.45) is 0 Å². The van der Waals surface area contributed by atoms with Crippen LogP contribution in [0.5, 0.6) is 0 Å². The number of rotatable bonds is 7. The molecule has 2 aromatic carbocycles. The van der Waals surface area contributed by atoms with Crippen molar-refractivity contribution < 1.29 is 9.90 Å². The molecule has 0 atom stereocenters. The minimum atomic E-state index is -0.0905. The summed E-state index contributed by atoms with van der Waals surface area (Å²) in [5.41, 5.74) is 1.91. The molecular weight excluding hydrogens is 300 g/mol. The SMILES string of the molecule is O=C(CN(CCO)c1ccccc1)NCc1ccc(Cl)cc1. The van der Waals surface area contributed by atoms with Crippen LogP contribution in [0.1, 0.15) is 5.56 Å². The van der Waals surface area contributed by atoms with Gasteiger partial charge in [-0.2, -0.15) is 0 Å². The number of aliphatic hydroxyl groups excluding tert-OH is 1. The highest BCUT2D eigenvalue weighted by Crippen LogP contribution is 2.12. The van der Waals surface area contributed by atoms with Crippen LogP contribution in [0.15, 0.2) is 54.6 Å². The van der Waals surface area contributed by atoms with Crippen LogP contribution in [0, 0.1) is 0 Å². The van der Waals surface area contributed by atoms with Crippen molar-refractivity contribution in [2.45, 2.75) is 6.54 Å². The molecule has 0 unspecified atom stereocenters. The smallest absolute Gasteiger partial charge is 0.239 e. The second-order valence-electron chi connectivity index (χ2n) is 4.88. The molecule has 116 valence electrons. The molecule has 0 radical (unpaired) electrons. The van der Waals surface area contributed by atoms with Crippen molar-refractivity contribution in [1.82, 2.24) is 5.32 Å². The van der Waals surface area contributed by atoms with Crippen molar-refractivity contribution in [2.75, 3.05) is 24.6 Å². The molecule has 0 aromatic heterocycles. The van der Waals surface area contributed by atoms with E-state index in [9.17, 15) is 4.79 Å². The lowest BCUT2D eigenvalue weighted by Crippen LogP contribution is -2.38. The average molecular weight is 319 g/mol. The first-order chi connectivity index (χ1) is 10.7. The lowest BCUT2D eigenvalue weighted by atomic mass is 10.2. The zero-order chi connectivity index (χ0) is 15.8. The number of para-hydroxylation sites is 1. The first-order valence-corrected chi connectivity index (χ1v) is 7.49. The number of nitrogens with one attached hydrogen (secondary N) is 1. The molecule has 4 nitrogen and oxygen atoms in total. The van der Waals surface area contributed by atoms with Crippen LogP contribution in [0.4, 0.5) is 5.69 Å². The Labute approximate surface area is 135 Å². The van der Waals surface area contributed by atoms with Crippen LogP contribution >= 0.6 is 11.6 Å². The number of aliphatic hydroxyl groups is 1. The van der Waals surface area contributed by atoms with Gasteiger partial charge in [0.25, 0.3) is 0 Å². The molecule has 0 aliphatic carbocycles. The van der Waals surface area contributed by atoms with E-state index >= 15 is 0 Å². The fraction of sp³-hybridized carbons (Fsp3) is 0.235. The molecule has 2 aromatic rings. The number of hydrogen-bond donors (Lipinski definition) is 2. The second-order valence-corrected chi connectivity index (χ2v) is 5.32. The Balaban J connectivity index is 1.89. The Hall–Kier alpha value is -2.04. The van der Waals surface area contributed by atoms with Gasteiger partial charge in [0.2, 0.25) is 5.91 Å². The van der Waals surface area contributed by atoms with E-state index in [1.165, 1.54) is 0 Å². The molecule has 0 heterocycles. The largest absolute Gasteiger partial charge is 0.395 e. The van der Waals surface area contributed by atoms with E-state index < -0.39 is 0 Å².